The Morgan fingerprint density at radius 3 is 1.47 bits per heavy atom. The van der Waals surface area contributed by atoms with Crippen molar-refractivity contribution in [2.45, 2.75) is 91.6 Å². The Hall–Kier alpha value is -3.76. The number of benzene rings is 2. The minimum atomic E-state index is -1.59. The molecule has 0 bridgehead atoms. The van der Waals surface area contributed by atoms with Gasteiger partial charge in [-0.25, -0.2) is 9.59 Å². The zero-order valence-electron chi connectivity index (χ0n) is 42.4. The molecule has 0 radical (unpaired) electrons. The normalized spacial score (nSPS) is 12.0. The van der Waals surface area contributed by atoms with Gasteiger partial charge in [0.25, 0.3) is 0 Å². The van der Waals surface area contributed by atoms with Crippen molar-refractivity contribution >= 4 is 20.5 Å². The Kier molecular flexibility index (Phi) is 19.8. The monoisotopic (exact) mass is 775 g/mol. The summed E-state index contributed by atoms with van der Waals surface area (Å²) in [5.41, 5.74) is -0.983. The van der Waals surface area contributed by atoms with Crippen LogP contribution in [0.2, 0.25) is 18.1 Å². The number of ether oxygens (including phenoxy) is 4. The number of aliphatic hydroxyl groups is 3. The third-order valence-electron chi connectivity index (χ3n) is 6.17. The Bertz CT molecular complexity index is 1250. The highest BCUT2D eigenvalue weighted by atomic mass is 28.4. The highest BCUT2D eigenvalue weighted by Gasteiger charge is 2.36. The van der Waals surface area contributed by atoms with Gasteiger partial charge in [0, 0.05) is 33.5 Å². The highest BCUT2D eigenvalue weighted by Crippen LogP contribution is 2.36. The first kappa shape index (κ1) is 40.0. The number of amides is 2. The molecule has 7 N–H and O–H groups in total. The summed E-state index contributed by atoms with van der Waals surface area (Å²) < 4.78 is 76.4. The van der Waals surface area contributed by atoms with Crippen molar-refractivity contribution in [3.8, 4) is 23.0 Å². The standard InChI is InChI=1S/C15H23NO5.C8H20O2Si.C7H15NO3.C6H6O2.5H2/c1-15(2,3)21-14(18)16-7-9-19-12-5-4-6-13(11-12)20-10-8-17;1-8(2,3)11(4,5)10-7-6-9;1-7(2,3)11-6(10)8-4-5-9;7-5-2-1-3-6(8)4-5;;;;;/h4-6,11,17H,7-10H2,1-3H3,(H,16,18);9H,6-7H2,1-5H3;9H,4-5H2,1-3H3,(H,8,10);1-4,7-8H;5*1H/i;;;;5*1+2T. The highest BCUT2D eigenvalue weighted by molar-refractivity contribution is 6.74. The van der Waals surface area contributed by atoms with Gasteiger partial charge >= 0.3 is 12.2 Å². The van der Waals surface area contributed by atoms with E-state index in [2.05, 4.69) is 44.5 Å². The number of carbonyl (C=O) groups excluding carboxylic acids is 2. The average Bonchev–Trinajstić information content (AvgIpc) is 3.20. The van der Waals surface area contributed by atoms with Gasteiger partial charge in [-0.2, -0.15) is 0 Å². The van der Waals surface area contributed by atoms with E-state index in [1.807, 2.05) is 0 Å². The molecule has 0 heterocycles. The molecule has 0 saturated heterocycles. The fraction of sp³-hybridized carbons (Fsp3) is 0.611. The van der Waals surface area contributed by atoms with Gasteiger partial charge in [-0.3, -0.25) is 0 Å². The van der Waals surface area contributed by atoms with Gasteiger partial charge < -0.3 is 59.5 Å². The van der Waals surface area contributed by atoms with Crippen LogP contribution in [0.5, 0.6) is 23.0 Å². The molecule has 2 aromatic rings. The molecular weight excluding hydrogens is 680 g/mol. The SMILES string of the molecule is CC(C)(C)OC(=O)NCCO.CC(C)(C)OC(=O)NCCOc1cccc(OCCO)c1.CC(C)(C)[Si](C)(C)OCCO.Oc1cccc(O)c1.[3H][3H].[3H][3H].[3H][3H].[3H][3H].[3H][3H]. The maximum absolute atomic E-state index is 11.4. The second-order valence-corrected chi connectivity index (χ2v) is 19.1. The maximum Gasteiger partial charge on any atom is 0.407 e. The largest absolute Gasteiger partial charge is 0.508 e. The minimum Gasteiger partial charge on any atom is -0.508 e. The number of aromatic hydroxyl groups is 2. The van der Waals surface area contributed by atoms with Crippen LogP contribution in [0.1, 0.15) is 77.2 Å². The molecule has 0 spiro atoms. The second kappa shape index (κ2) is 25.2. The van der Waals surface area contributed by atoms with Gasteiger partial charge in [0.15, 0.2) is 8.32 Å². The molecule has 0 aliphatic carbocycles. The zero-order valence-corrected chi connectivity index (χ0v) is 33.4. The predicted octanol–water partition coefficient (Wildman–Crippen LogP) is 6.79. The third kappa shape index (κ3) is 29.7. The fourth-order valence-electron chi connectivity index (χ4n) is 2.94. The molecule has 304 valence electrons. The molecule has 15 heteroatoms. The molecule has 0 saturated carbocycles. The smallest absolute Gasteiger partial charge is 0.407 e. The van der Waals surface area contributed by atoms with E-state index in [9.17, 15) is 9.59 Å². The van der Waals surface area contributed by atoms with Crippen LogP contribution < -0.4 is 20.1 Å². The number of phenols is 2. The number of hydrogen-bond donors (Lipinski definition) is 7. The summed E-state index contributed by atoms with van der Waals surface area (Å²) in [6.45, 7) is 23.4. The first-order valence-electron chi connectivity index (χ1n) is 21.7. The van der Waals surface area contributed by atoms with Crippen LogP contribution in [0.3, 0.4) is 0 Å². The molecule has 14 nitrogen and oxygen atoms in total. The zero-order chi connectivity index (χ0) is 49.7. The summed E-state index contributed by atoms with van der Waals surface area (Å²) >= 11 is 0. The van der Waals surface area contributed by atoms with Crippen LogP contribution in [0.15, 0.2) is 48.5 Å². The number of rotatable bonds is 12. The molecule has 0 unspecified atom stereocenters. The van der Waals surface area contributed by atoms with Crippen molar-refractivity contribution in [2.75, 3.05) is 52.7 Å². The van der Waals surface area contributed by atoms with E-state index in [1.54, 1.807) is 71.9 Å². The van der Waals surface area contributed by atoms with Crippen molar-refractivity contribution in [2.24, 2.45) is 0 Å². The van der Waals surface area contributed by atoms with E-state index in [1.165, 1.54) is 18.2 Å². The number of phenolic OH excluding ortho intramolecular Hbond substituents is 2. The molecule has 51 heavy (non-hydrogen) atoms. The predicted molar refractivity (Wildman–Crippen MR) is 211 cm³/mol. The number of aliphatic hydroxyl groups excluding tert-OH is 3. The molecule has 2 aromatic carbocycles. The van der Waals surface area contributed by atoms with Crippen molar-refractivity contribution < 1.29 is 73.3 Å². The average molecular weight is 775 g/mol. The van der Waals surface area contributed by atoms with E-state index in [-0.39, 0.29) is 49.5 Å². The van der Waals surface area contributed by atoms with Gasteiger partial charge in [0.1, 0.15) is 47.4 Å². The van der Waals surface area contributed by atoms with E-state index in [4.69, 9.17) is 63.8 Å². The quantitative estimate of drug-likeness (QED) is 0.0879. The Labute approximate surface area is 320 Å². The molecule has 0 aromatic heterocycles. The van der Waals surface area contributed by atoms with E-state index >= 15 is 0 Å². The van der Waals surface area contributed by atoms with Crippen molar-refractivity contribution in [1.82, 2.24) is 10.6 Å². The Morgan fingerprint density at radius 2 is 1.10 bits per heavy atom. The molecule has 0 aliphatic heterocycles. The van der Waals surface area contributed by atoms with E-state index in [0.29, 0.717) is 31.3 Å². The Balaban J connectivity index is -0.000000125. The molecule has 0 fully saturated rings. The van der Waals surface area contributed by atoms with Crippen LogP contribution in [0.4, 0.5) is 9.59 Å². The molecular formula is C36H74N2O12Si. The van der Waals surface area contributed by atoms with Crippen LogP contribution in [0, 0.1) is 0 Å². The topological polar surface area (TPSA) is 205 Å². The third-order valence-corrected chi connectivity index (χ3v) is 10.7. The number of hydrogen-bond acceptors (Lipinski definition) is 12. The molecule has 2 rings (SSSR count). The first-order chi connectivity index (χ1) is 28.5. The van der Waals surface area contributed by atoms with Crippen molar-refractivity contribution in [3.05, 3.63) is 48.5 Å². The maximum atomic E-state index is 11.4. The van der Waals surface area contributed by atoms with Gasteiger partial charge in [-0.05, 0) is 83.9 Å². The number of alkyl carbamates (subject to hydrolysis) is 2. The van der Waals surface area contributed by atoms with Gasteiger partial charge in [-0.1, -0.05) is 32.9 Å². The summed E-state index contributed by atoms with van der Waals surface area (Å²) in [4.78, 5) is 22.2. The summed E-state index contributed by atoms with van der Waals surface area (Å²) in [5, 5.41) is 48.2. The molecule has 0 aliphatic rings. The van der Waals surface area contributed by atoms with E-state index in [0.717, 1.165) is 0 Å². The lowest BCUT2D eigenvalue weighted by molar-refractivity contribution is 0.0508. The van der Waals surface area contributed by atoms with Crippen LogP contribution >= 0.6 is 0 Å². The number of nitrogens with one attached hydrogen (secondary N) is 2. The lowest BCUT2D eigenvalue weighted by atomic mass is 10.2. The van der Waals surface area contributed by atoms with Crippen molar-refractivity contribution in [1.29, 1.82) is 0 Å². The summed E-state index contributed by atoms with van der Waals surface area (Å²) in [6.07, 6.45) is -0.960. The van der Waals surface area contributed by atoms with Crippen molar-refractivity contribution in [3.63, 3.8) is 0 Å². The van der Waals surface area contributed by atoms with Gasteiger partial charge in [0.2, 0.25) is 0 Å². The summed E-state index contributed by atoms with van der Waals surface area (Å²) in [6, 6.07) is 12.9. The molecule has 0 atom stereocenters. The first-order valence-corrected chi connectivity index (χ1v) is 19.6. The lowest BCUT2D eigenvalue weighted by Crippen LogP contribution is -2.41. The Morgan fingerprint density at radius 1 is 0.667 bits per heavy atom. The number of carbonyl (C=O) groups is 2. The molecule has 2 amide bonds. The summed E-state index contributed by atoms with van der Waals surface area (Å²) in [7, 11) is -1.59. The van der Waals surface area contributed by atoms with Crippen LogP contribution in [-0.4, -0.2) is 110 Å². The second-order valence-electron chi connectivity index (χ2n) is 14.3. The van der Waals surface area contributed by atoms with E-state index < -0.39 is 31.7 Å². The fourth-order valence-corrected chi connectivity index (χ4v) is 3.97. The van der Waals surface area contributed by atoms with Crippen LogP contribution in [-0.2, 0) is 13.9 Å². The lowest BCUT2D eigenvalue weighted by Gasteiger charge is -2.35. The van der Waals surface area contributed by atoms with Gasteiger partial charge in [0.05, 0.1) is 33.0 Å². The minimum absolute atomic E-state index is 0.0368. The van der Waals surface area contributed by atoms with Gasteiger partial charge in [-0.15, -0.1) is 0 Å². The van der Waals surface area contributed by atoms with Crippen LogP contribution in [0.25, 0.3) is 0 Å². The summed E-state index contributed by atoms with van der Waals surface area (Å²) in [5.74, 6) is 1.44.